The molecular formula is C20H17N3O5S2. The fourth-order valence-electron chi connectivity index (χ4n) is 3.13. The van der Waals surface area contributed by atoms with Crippen LogP contribution in [-0.2, 0) is 16.6 Å². The zero-order valence-corrected chi connectivity index (χ0v) is 17.5. The van der Waals surface area contributed by atoms with Gasteiger partial charge in [-0.05, 0) is 36.8 Å². The highest BCUT2D eigenvalue weighted by Gasteiger charge is 2.16. The number of thiazole rings is 1. The highest BCUT2D eigenvalue weighted by Crippen LogP contribution is 2.21. The van der Waals surface area contributed by atoms with E-state index in [0.717, 1.165) is 29.5 Å². The quantitative estimate of drug-likeness (QED) is 0.519. The summed E-state index contributed by atoms with van der Waals surface area (Å²) in [6.07, 6.45) is 1.88. The number of carbonyl (C=O) groups excluding carboxylic acids is 1. The number of amides is 1. The van der Waals surface area contributed by atoms with E-state index in [1.165, 1.54) is 12.1 Å². The molecule has 0 aliphatic carbocycles. The number of primary sulfonamides is 1. The van der Waals surface area contributed by atoms with E-state index in [0.29, 0.717) is 27.0 Å². The van der Waals surface area contributed by atoms with Gasteiger partial charge in [0.05, 0.1) is 20.5 Å². The topological polar surface area (TPSA) is 125 Å². The second kappa shape index (κ2) is 7.63. The first kappa shape index (κ1) is 20.2. The number of nitrogens with two attached hydrogens (primary N) is 1. The standard InChI is InChI=1S/C20H17N3O5S2/c1-2-9-23-15-8-7-12(30(21,26)27)10-17(15)29-20(23)22-19(25)14-11-28-16-6-4-3-5-13(16)18(14)24/h3-8,10-11H,2,9H2,1H3,(H2,21,26,27). The van der Waals surface area contributed by atoms with E-state index in [1.54, 1.807) is 30.3 Å². The Kier molecular flexibility index (Phi) is 5.14. The number of nitrogens with zero attached hydrogens (tertiary/aromatic N) is 2. The molecule has 0 atom stereocenters. The van der Waals surface area contributed by atoms with Crippen LogP contribution in [-0.4, -0.2) is 18.9 Å². The lowest BCUT2D eigenvalue weighted by Crippen LogP contribution is -2.20. The zero-order valence-electron chi connectivity index (χ0n) is 15.9. The van der Waals surface area contributed by atoms with Crippen molar-refractivity contribution in [3.05, 3.63) is 69.3 Å². The Morgan fingerprint density at radius 1 is 1.23 bits per heavy atom. The lowest BCUT2D eigenvalue weighted by atomic mass is 10.2. The van der Waals surface area contributed by atoms with Crippen molar-refractivity contribution in [3.8, 4) is 0 Å². The van der Waals surface area contributed by atoms with Crippen molar-refractivity contribution in [1.29, 1.82) is 0 Å². The van der Waals surface area contributed by atoms with Gasteiger partial charge in [0, 0.05) is 6.54 Å². The second-order valence-electron chi connectivity index (χ2n) is 6.60. The SMILES string of the molecule is CCCn1c(=NC(=O)c2coc3ccccc3c2=O)sc2cc(S(N)(=O)=O)ccc21. The van der Waals surface area contributed by atoms with Gasteiger partial charge in [0.25, 0.3) is 5.91 Å². The Bertz CT molecular complexity index is 1530. The second-order valence-corrected chi connectivity index (χ2v) is 9.17. The number of aryl methyl sites for hydroxylation is 1. The van der Waals surface area contributed by atoms with Crippen LogP contribution >= 0.6 is 11.3 Å². The maximum absolute atomic E-state index is 12.8. The molecule has 0 fully saturated rings. The Hall–Kier alpha value is -3.08. The normalized spacial score (nSPS) is 12.7. The first-order chi connectivity index (χ1) is 14.3. The van der Waals surface area contributed by atoms with Gasteiger partial charge in [-0.25, -0.2) is 13.6 Å². The van der Waals surface area contributed by atoms with E-state index in [-0.39, 0.29) is 10.5 Å². The van der Waals surface area contributed by atoms with Crippen molar-refractivity contribution < 1.29 is 17.6 Å². The third-order valence-electron chi connectivity index (χ3n) is 4.54. The number of benzene rings is 2. The summed E-state index contributed by atoms with van der Waals surface area (Å²) < 4.78 is 31.1. The largest absolute Gasteiger partial charge is 0.463 e. The third-order valence-corrected chi connectivity index (χ3v) is 6.49. The fourth-order valence-corrected chi connectivity index (χ4v) is 4.84. The lowest BCUT2D eigenvalue weighted by molar-refractivity contribution is 0.0995. The van der Waals surface area contributed by atoms with E-state index >= 15 is 0 Å². The van der Waals surface area contributed by atoms with Crippen LogP contribution in [0.5, 0.6) is 0 Å². The Morgan fingerprint density at radius 3 is 2.73 bits per heavy atom. The maximum Gasteiger partial charge on any atom is 0.286 e. The van der Waals surface area contributed by atoms with E-state index < -0.39 is 21.4 Å². The van der Waals surface area contributed by atoms with Gasteiger partial charge in [0.2, 0.25) is 15.5 Å². The molecule has 2 aromatic carbocycles. The van der Waals surface area contributed by atoms with E-state index in [1.807, 2.05) is 11.5 Å². The Labute approximate surface area is 175 Å². The van der Waals surface area contributed by atoms with Crippen LogP contribution in [0.25, 0.3) is 21.2 Å². The van der Waals surface area contributed by atoms with Crippen LogP contribution in [0, 0.1) is 0 Å². The van der Waals surface area contributed by atoms with Gasteiger partial charge in [-0.1, -0.05) is 30.4 Å². The number of sulfonamides is 1. The average Bonchev–Trinajstić information content (AvgIpc) is 3.04. The molecule has 0 bridgehead atoms. The van der Waals surface area contributed by atoms with E-state index in [9.17, 15) is 18.0 Å². The number of para-hydroxylation sites is 1. The number of fused-ring (bicyclic) bond motifs is 2. The summed E-state index contributed by atoms with van der Waals surface area (Å²) in [4.78, 5) is 29.9. The van der Waals surface area contributed by atoms with Crippen molar-refractivity contribution in [2.75, 3.05) is 0 Å². The van der Waals surface area contributed by atoms with E-state index in [4.69, 9.17) is 9.56 Å². The molecular weight excluding hydrogens is 426 g/mol. The van der Waals surface area contributed by atoms with Gasteiger partial charge in [-0.3, -0.25) is 9.59 Å². The number of hydrogen-bond donors (Lipinski definition) is 1. The van der Waals surface area contributed by atoms with Crippen LogP contribution in [0.1, 0.15) is 23.7 Å². The molecule has 2 heterocycles. The molecule has 8 nitrogen and oxygen atoms in total. The van der Waals surface area contributed by atoms with Crippen molar-refractivity contribution >= 4 is 48.5 Å². The molecule has 0 aliphatic rings. The molecule has 0 saturated heterocycles. The number of hydrogen-bond acceptors (Lipinski definition) is 6. The van der Waals surface area contributed by atoms with Crippen LogP contribution in [0.3, 0.4) is 0 Å². The van der Waals surface area contributed by atoms with Crippen molar-refractivity contribution in [1.82, 2.24) is 4.57 Å². The van der Waals surface area contributed by atoms with Gasteiger partial charge in [0.1, 0.15) is 17.4 Å². The van der Waals surface area contributed by atoms with Crippen LogP contribution in [0.4, 0.5) is 0 Å². The Morgan fingerprint density at radius 2 is 2.00 bits per heavy atom. The molecule has 2 N–H and O–H groups in total. The van der Waals surface area contributed by atoms with Gasteiger partial charge in [0.15, 0.2) is 4.80 Å². The molecule has 1 amide bonds. The summed E-state index contributed by atoms with van der Waals surface area (Å²) in [5, 5.41) is 5.52. The first-order valence-electron chi connectivity index (χ1n) is 9.05. The van der Waals surface area contributed by atoms with Gasteiger partial charge < -0.3 is 8.98 Å². The van der Waals surface area contributed by atoms with Crippen molar-refractivity contribution in [3.63, 3.8) is 0 Å². The van der Waals surface area contributed by atoms with Crippen molar-refractivity contribution in [2.45, 2.75) is 24.8 Å². The Balaban J connectivity index is 1.89. The predicted octanol–water partition coefficient (Wildman–Crippen LogP) is 2.61. The predicted molar refractivity (Wildman–Crippen MR) is 114 cm³/mol. The molecule has 0 spiro atoms. The fraction of sp³-hybridized carbons (Fsp3) is 0.150. The monoisotopic (exact) mass is 443 g/mol. The van der Waals surface area contributed by atoms with Gasteiger partial charge in [-0.15, -0.1) is 0 Å². The highest BCUT2D eigenvalue weighted by molar-refractivity contribution is 7.89. The smallest absolute Gasteiger partial charge is 0.286 e. The zero-order chi connectivity index (χ0) is 21.5. The lowest BCUT2D eigenvalue weighted by Gasteiger charge is -2.03. The minimum Gasteiger partial charge on any atom is -0.463 e. The molecule has 4 aromatic rings. The molecule has 30 heavy (non-hydrogen) atoms. The molecule has 154 valence electrons. The molecule has 2 aromatic heterocycles. The number of carbonyl (C=O) groups is 1. The minimum atomic E-state index is -3.86. The van der Waals surface area contributed by atoms with Crippen LogP contribution in [0.15, 0.2) is 67.8 Å². The first-order valence-corrected chi connectivity index (χ1v) is 11.4. The third kappa shape index (κ3) is 3.60. The molecule has 0 unspecified atom stereocenters. The summed E-state index contributed by atoms with van der Waals surface area (Å²) >= 11 is 1.15. The van der Waals surface area contributed by atoms with Crippen LogP contribution < -0.4 is 15.4 Å². The van der Waals surface area contributed by atoms with Crippen molar-refractivity contribution in [2.24, 2.45) is 10.1 Å². The minimum absolute atomic E-state index is 0.0204. The van der Waals surface area contributed by atoms with Gasteiger partial charge >= 0.3 is 0 Å². The highest BCUT2D eigenvalue weighted by atomic mass is 32.2. The maximum atomic E-state index is 12.8. The summed E-state index contributed by atoms with van der Waals surface area (Å²) in [5.74, 6) is -0.724. The van der Waals surface area contributed by atoms with Gasteiger partial charge in [-0.2, -0.15) is 4.99 Å². The summed E-state index contributed by atoms with van der Waals surface area (Å²) in [5.41, 5.74) is 0.494. The van der Waals surface area contributed by atoms with Crippen LogP contribution in [0.2, 0.25) is 0 Å². The number of rotatable bonds is 4. The average molecular weight is 444 g/mol. The summed E-state index contributed by atoms with van der Waals surface area (Å²) in [6, 6.07) is 11.2. The molecule has 10 heteroatoms. The molecule has 4 rings (SSSR count). The molecule has 0 saturated carbocycles. The summed E-state index contributed by atoms with van der Waals surface area (Å²) in [6.45, 7) is 2.53. The number of aromatic nitrogens is 1. The molecule has 0 radical (unpaired) electrons. The van der Waals surface area contributed by atoms with E-state index in [2.05, 4.69) is 4.99 Å². The summed E-state index contributed by atoms with van der Waals surface area (Å²) in [7, 11) is -3.86. The molecule has 0 aliphatic heterocycles.